The molecular formula is C15H21N3O4. The fourth-order valence-electron chi connectivity index (χ4n) is 2.90. The molecule has 0 bridgehead atoms. The van der Waals surface area contributed by atoms with Crippen molar-refractivity contribution in [2.45, 2.75) is 44.2 Å². The second-order valence-corrected chi connectivity index (χ2v) is 5.96. The van der Waals surface area contributed by atoms with Gasteiger partial charge in [-0.25, -0.2) is 9.78 Å². The van der Waals surface area contributed by atoms with E-state index in [1.807, 2.05) is 0 Å². The summed E-state index contributed by atoms with van der Waals surface area (Å²) in [6.07, 6.45) is 3.20. The van der Waals surface area contributed by atoms with Gasteiger partial charge in [-0.2, -0.15) is 4.98 Å². The van der Waals surface area contributed by atoms with Crippen molar-refractivity contribution >= 4 is 11.8 Å². The summed E-state index contributed by atoms with van der Waals surface area (Å²) < 4.78 is 10.9. The van der Waals surface area contributed by atoms with Crippen molar-refractivity contribution in [1.82, 2.24) is 9.97 Å². The number of methoxy groups -OCH3 is 1. The van der Waals surface area contributed by atoms with Gasteiger partial charge in [0.1, 0.15) is 11.6 Å². The Morgan fingerprint density at radius 3 is 2.91 bits per heavy atom. The molecule has 0 aromatic carbocycles. The number of aryl methyl sites for hydroxylation is 1. The molecule has 7 nitrogen and oxygen atoms in total. The van der Waals surface area contributed by atoms with Crippen LogP contribution in [0.3, 0.4) is 0 Å². The van der Waals surface area contributed by atoms with Crippen LogP contribution in [0.15, 0.2) is 6.07 Å². The second kappa shape index (κ2) is 5.72. The van der Waals surface area contributed by atoms with E-state index in [0.29, 0.717) is 37.2 Å². The maximum absolute atomic E-state index is 11.3. The maximum Gasteiger partial charge on any atom is 0.348 e. The Balaban J connectivity index is 1.82. The smallest absolute Gasteiger partial charge is 0.348 e. The number of ether oxygens (including phenoxy) is 2. The van der Waals surface area contributed by atoms with Crippen LogP contribution in [0.25, 0.3) is 0 Å². The number of carboxylic acid groups (broad SMARTS) is 1. The Kier molecular flexibility index (Phi) is 3.90. The van der Waals surface area contributed by atoms with Crippen LogP contribution in [0.5, 0.6) is 5.88 Å². The molecule has 1 saturated carbocycles. The molecule has 1 atom stereocenters. The van der Waals surface area contributed by atoms with Crippen LogP contribution in [-0.4, -0.2) is 52.9 Å². The van der Waals surface area contributed by atoms with E-state index < -0.39 is 11.6 Å². The Labute approximate surface area is 129 Å². The van der Waals surface area contributed by atoms with Crippen molar-refractivity contribution in [3.63, 3.8) is 0 Å². The first-order chi connectivity index (χ1) is 10.5. The molecule has 1 aromatic rings. The van der Waals surface area contributed by atoms with Gasteiger partial charge in [0.2, 0.25) is 11.5 Å². The van der Waals surface area contributed by atoms with E-state index in [1.165, 1.54) is 0 Å². The molecule has 1 aromatic heterocycles. The van der Waals surface area contributed by atoms with Gasteiger partial charge in [-0.15, -0.1) is 0 Å². The summed E-state index contributed by atoms with van der Waals surface area (Å²) in [4.78, 5) is 22.1. The molecule has 0 radical (unpaired) electrons. The van der Waals surface area contributed by atoms with E-state index >= 15 is 0 Å². The molecule has 0 unspecified atom stereocenters. The van der Waals surface area contributed by atoms with E-state index in [-0.39, 0.29) is 0 Å². The molecule has 1 N–H and O–H groups in total. The minimum atomic E-state index is -1.09. The van der Waals surface area contributed by atoms with E-state index in [1.54, 1.807) is 20.1 Å². The molecule has 2 aliphatic rings. The van der Waals surface area contributed by atoms with E-state index in [0.717, 1.165) is 25.2 Å². The van der Waals surface area contributed by atoms with E-state index in [4.69, 9.17) is 9.47 Å². The van der Waals surface area contributed by atoms with E-state index in [9.17, 15) is 9.90 Å². The molecule has 0 spiro atoms. The van der Waals surface area contributed by atoms with Crippen molar-refractivity contribution in [1.29, 1.82) is 0 Å². The van der Waals surface area contributed by atoms with Crippen LogP contribution in [-0.2, 0) is 9.53 Å². The minimum absolute atomic E-state index is 0.293. The minimum Gasteiger partial charge on any atom is -0.478 e. The fourth-order valence-corrected chi connectivity index (χ4v) is 2.90. The summed E-state index contributed by atoms with van der Waals surface area (Å²) in [5, 5.41) is 9.23. The summed E-state index contributed by atoms with van der Waals surface area (Å²) in [5.74, 6) is 0.772. The Morgan fingerprint density at radius 2 is 2.27 bits per heavy atom. The molecular weight excluding hydrogens is 286 g/mol. The highest BCUT2D eigenvalue weighted by molar-refractivity contribution is 5.81. The lowest BCUT2D eigenvalue weighted by atomic mass is 10.2. The first-order valence-electron chi connectivity index (χ1n) is 7.58. The lowest BCUT2D eigenvalue weighted by molar-refractivity contribution is -0.147. The number of aliphatic carboxylic acids is 1. The average Bonchev–Trinajstić information content (AvgIpc) is 3.09. The number of anilines is 1. The maximum atomic E-state index is 11.3. The van der Waals surface area contributed by atoms with Crippen LogP contribution in [0.4, 0.5) is 5.82 Å². The first-order valence-corrected chi connectivity index (χ1v) is 7.58. The quantitative estimate of drug-likeness (QED) is 0.850. The normalized spacial score (nSPS) is 22.6. The number of hydrogen-bond acceptors (Lipinski definition) is 6. The van der Waals surface area contributed by atoms with Crippen molar-refractivity contribution in [3.05, 3.63) is 11.9 Å². The summed E-state index contributed by atoms with van der Waals surface area (Å²) in [7, 11) is 1.69. The number of aromatic nitrogens is 2. The zero-order chi connectivity index (χ0) is 15.7. The van der Waals surface area contributed by atoms with Gasteiger partial charge in [0, 0.05) is 32.6 Å². The monoisotopic (exact) mass is 307 g/mol. The number of rotatable bonds is 6. The van der Waals surface area contributed by atoms with Crippen molar-refractivity contribution in [2.75, 3.05) is 25.2 Å². The summed E-state index contributed by atoms with van der Waals surface area (Å²) >= 11 is 0. The number of nitrogens with zero attached hydrogens (tertiary/aromatic N) is 3. The van der Waals surface area contributed by atoms with Crippen molar-refractivity contribution < 1.29 is 19.4 Å². The molecule has 1 aliphatic heterocycles. The highest BCUT2D eigenvalue weighted by Gasteiger charge is 2.54. The van der Waals surface area contributed by atoms with Gasteiger partial charge < -0.3 is 19.5 Å². The number of carboxylic acids is 1. The Hall–Kier alpha value is -1.89. The highest BCUT2D eigenvalue weighted by atomic mass is 16.5. The van der Waals surface area contributed by atoms with Gasteiger partial charge >= 0.3 is 5.97 Å². The SMILES string of the molecule is COC[C@@H]1CCCN1c1cc(OC2(C(=O)O)CC2)nc(C)n1. The predicted molar refractivity (Wildman–Crippen MR) is 79.2 cm³/mol. The highest BCUT2D eigenvalue weighted by Crippen LogP contribution is 2.40. The molecule has 1 saturated heterocycles. The molecule has 120 valence electrons. The van der Waals surface area contributed by atoms with Gasteiger partial charge in [-0.3, -0.25) is 0 Å². The summed E-state index contributed by atoms with van der Waals surface area (Å²) in [6.45, 7) is 3.35. The fraction of sp³-hybridized carbons (Fsp3) is 0.667. The van der Waals surface area contributed by atoms with Crippen LogP contribution < -0.4 is 9.64 Å². The molecule has 7 heteroatoms. The topological polar surface area (TPSA) is 84.8 Å². The van der Waals surface area contributed by atoms with Gasteiger partial charge in [0.25, 0.3) is 0 Å². The molecule has 0 amide bonds. The van der Waals surface area contributed by atoms with Crippen LogP contribution >= 0.6 is 0 Å². The zero-order valence-corrected chi connectivity index (χ0v) is 12.9. The second-order valence-electron chi connectivity index (χ2n) is 5.96. The first kappa shape index (κ1) is 15.0. The standard InChI is InChI=1S/C15H21N3O4/c1-10-16-12(18-7-3-4-11(18)9-21-2)8-13(17-10)22-15(5-6-15)14(19)20/h8,11H,3-7,9H2,1-2H3,(H,19,20)/t11-/m0/s1. The van der Waals surface area contributed by atoms with Crippen LogP contribution in [0.2, 0.25) is 0 Å². The van der Waals surface area contributed by atoms with Gasteiger partial charge in [-0.05, 0) is 19.8 Å². The van der Waals surface area contributed by atoms with Crippen LogP contribution in [0, 0.1) is 6.92 Å². The van der Waals surface area contributed by atoms with Crippen molar-refractivity contribution in [2.24, 2.45) is 0 Å². The Bertz CT molecular complexity index is 574. The molecule has 2 heterocycles. The lowest BCUT2D eigenvalue weighted by Crippen LogP contribution is -2.34. The number of carbonyl (C=O) groups is 1. The molecule has 2 fully saturated rings. The molecule has 3 rings (SSSR count). The zero-order valence-electron chi connectivity index (χ0n) is 12.9. The van der Waals surface area contributed by atoms with Gasteiger partial charge in [-0.1, -0.05) is 0 Å². The van der Waals surface area contributed by atoms with E-state index in [2.05, 4.69) is 14.9 Å². The largest absolute Gasteiger partial charge is 0.478 e. The average molecular weight is 307 g/mol. The van der Waals surface area contributed by atoms with Crippen LogP contribution in [0.1, 0.15) is 31.5 Å². The predicted octanol–water partition coefficient (Wildman–Crippen LogP) is 1.40. The Morgan fingerprint density at radius 1 is 1.50 bits per heavy atom. The van der Waals surface area contributed by atoms with Gasteiger partial charge in [0.05, 0.1) is 12.6 Å². The summed E-state index contributed by atoms with van der Waals surface area (Å²) in [6, 6.07) is 2.03. The molecule has 22 heavy (non-hydrogen) atoms. The number of hydrogen-bond donors (Lipinski definition) is 1. The van der Waals surface area contributed by atoms with Gasteiger partial charge in [0.15, 0.2) is 0 Å². The molecule has 1 aliphatic carbocycles. The van der Waals surface area contributed by atoms with Crippen molar-refractivity contribution in [3.8, 4) is 5.88 Å². The third-order valence-corrected chi connectivity index (χ3v) is 4.23. The summed E-state index contributed by atoms with van der Waals surface area (Å²) in [5.41, 5.74) is -1.09. The third kappa shape index (κ3) is 2.85. The lowest BCUT2D eigenvalue weighted by Gasteiger charge is -2.25. The third-order valence-electron chi connectivity index (χ3n) is 4.23.